The Hall–Kier alpha value is -1.62. The molecule has 1 atom stereocenters. The van der Waals surface area contributed by atoms with Crippen LogP contribution >= 0.6 is 12.2 Å². The van der Waals surface area contributed by atoms with Crippen molar-refractivity contribution in [2.24, 2.45) is 5.73 Å². The molecule has 0 aliphatic carbocycles. The molecule has 1 aromatic rings. The molecule has 0 saturated carbocycles. The van der Waals surface area contributed by atoms with E-state index in [0.717, 1.165) is 6.42 Å². The maximum absolute atomic E-state index is 11.9. The van der Waals surface area contributed by atoms with Crippen LogP contribution in [-0.2, 0) is 0 Å². The largest absolute Gasteiger partial charge is 0.494 e. The predicted octanol–water partition coefficient (Wildman–Crippen LogP) is 1.88. The zero-order valence-electron chi connectivity index (χ0n) is 10.6. The van der Waals surface area contributed by atoms with Crippen molar-refractivity contribution >= 4 is 23.1 Å². The van der Waals surface area contributed by atoms with E-state index in [9.17, 15) is 4.79 Å². The number of thiocarbonyl (C=S) groups is 1. The second-order valence-corrected chi connectivity index (χ2v) is 4.45. The van der Waals surface area contributed by atoms with Crippen LogP contribution in [0.4, 0.5) is 0 Å². The van der Waals surface area contributed by atoms with Gasteiger partial charge in [-0.05, 0) is 31.5 Å². The second kappa shape index (κ2) is 6.96. The third-order valence-corrected chi connectivity index (χ3v) is 2.70. The van der Waals surface area contributed by atoms with Gasteiger partial charge in [-0.15, -0.1) is 0 Å². The van der Waals surface area contributed by atoms with Crippen molar-refractivity contribution in [3.05, 3.63) is 29.8 Å². The fraction of sp³-hybridized carbons (Fsp3) is 0.385. The van der Waals surface area contributed by atoms with E-state index in [2.05, 4.69) is 5.32 Å². The summed E-state index contributed by atoms with van der Waals surface area (Å²) in [5.74, 6) is 0.477. The molecule has 0 radical (unpaired) electrons. The molecule has 5 heteroatoms. The molecule has 0 bridgehead atoms. The first-order valence-electron chi connectivity index (χ1n) is 5.87. The van der Waals surface area contributed by atoms with Crippen LogP contribution in [0.3, 0.4) is 0 Å². The van der Waals surface area contributed by atoms with Crippen LogP contribution in [0.5, 0.6) is 5.75 Å². The molecule has 0 fully saturated rings. The minimum Gasteiger partial charge on any atom is -0.494 e. The van der Waals surface area contributed by atoms with Crippen LogP contribution in [0.1, 0.15) is 30.6 Å². The van der Waals surface area contributed by atoms with Crippen LogP contribution in [0, 0.1) is 0 Å². The standard InChI is InChI=1S/C13H18N2O2S/c1-3-7-17-11-6-4-5-10(8-11)13(16)15-9(2)12(14)18/h4-6,8-9H,3,7H2,1-2H3,(H2,14,18)(H,15,16). The van der Waals surface area contributed by atoms with Crippen molar-refractivity contribution in [2.75, 3.05) is 6.61 Å². The highest BCUT2D eigenvalue weighted by Gasteiger charge is 2.11. The van der Waals surface area contributed by atoms with Crippen LogP contribution in [-0.4, -0.2) is 23.5 Å². The molecule has 1 amide bonds. The topological polar surface area (TPSA) is 64.3 Å². The van der Waals surface area contributed by atoms with E-state index in [4.69, 9.17) is 22.7 Å². The maximum Gasteiger partial charge on any atom is 0.251 e. The van der Waals surface area contributed by atoms with E-state index >= 15 is 0 Å². The normalized spacial score (nSPS) is 11.7. The van der Waals surface area contributed by atoms with Gasteiger partial charge in [-0.3, -0.25) is 4.79 Å². The Morgan fingerprint density at radius 2 is 2.28 bits per heavy atom. The smallest absolute Gasteiger partial charge is 0.251 e. The minimum absolute atomic E-state index is 0.211. The van der Waals surface area contributed by atoms with Crippen molar-refractivity contribution < 1.29 is 9.53 Å². The molecule has 1 rings (SSSR count). The number of nitrogens with two attached hydrogens (primary N) is 1. The lowest BCUT2D eigenvalue weighted by molar-refractivity contribution is 0.0949. The number of carbonyl (C=O) groups excluding carboxylic acids is 1. The molecular weight excluding hydrogens is 248 g/mol. The fourth-order valence-corrected chi connectivity index (χ4v) is 1.36. The van der Waals surface area contributed by atoms with Gasteiger partial charge in [0.1, 0.15) is 5.75 Å². The summed E-state index contributed by atoms with van der Waals surface area (Å²) < 4.78 is 5.47. The Bertz CT molecular complexity index is 435. The molecule has 0 aliphatic heterocycles. The van der Waals surface area contributed by atoms with Gasteiger partial charge in [0.2, 0.25) is 0 Å². The van der Waals surface area contributed by atoms with Crippen molar-refractivity contribution in [1.29, 1.82) is 0 Å². The van der Waals surface area contributed by atoms with Gasteiger partial charge in [0.25, 0.3) is 5.91 Å². The third-order valence-electron chi connectivity index (χ3n) is 2.34. The highest BCUT2D eigenvalue weighted by Crippen LogP contribution is 2.13. The number of rotatable bonds is 6. The number of amides is 1. The summed E-state index contributed by atoms with van der Waals surface area (Å²) in [6.07, 6.45) is 0.925. The summed E-state index contributed by atoms with van der Waals surface area (Å²) in [7, 11) is 0. The van der Waals surface area contributed by atoms with Gasteiger partial charge in [0.05, 0.1) is 17.6 Å². The predicted molar refractivity (Wildman–Crippen MR) is 75.9 cm³/mol. The highest BCUT2D eigenvalue weighted by atomic mass is 32.1. The summed E-state index contributed by atoms with van der Waals surface area (Å²) in [5.41, 5.74) is 5.98. The van der Waals surface area contributed by atoms with E-state index in [1.54, 1.807) is 25.1 Å². The quantitative estimate of drug-likeness (QED) is 0.772. The molecule has 0 aliphatic rings. The Morgan fingerprint density at radius 1 is 1.56 bits per heavy atom. The SMILES string of the molecule is CCCOc1cccc(C(=O)NC(C)C(N)=S)c1. The summed E-state index contributed by atoms with van der Waals surface area (Å²) in [5, 5.41) is 2.72. The van der Waals surface area contributed by atoms with Crippen molar-refractivity contribution in [1.82, 2.24) is 5.32 Å². The average molecular weight is 266 g/mol. The number of carbonyl (C=O) groups is 1. The first-order chi connectivity index (χ1) is 8.54. The lowest BCUT2D eigenvalue weighted by Gasteiger charge is -2.12. The molecule has 0 aromatic heterocycles. The zero-order chi connectivity index (χ0) is 13.5. The van der Waals surface area contributed by atoms with E-state index in [0.29, 0.717) is 17.9 Å². The van der Waals surface area contributed by atoms with Gasteiger partial charge < -0.3 is 15.8 Å². The van der Waals surface area contributed by atoms with Gasteiger partial charge in [-0.25, -0.2) is 0 Å². The fourth-order valence-electron chi connectivity index (χ4n) is 1.30. The molecule has 0 heterocycles. The second-order valence-electron chi connectivity index (χ2n) is 3.97. The molecule has 18 heavy (non-hydrogen) atoms. The number of benzene rings is 1. The molecule has 0 spiro atoms. The van der Waals surface area contributed by atoms with E-state index in [1.165, 1.54) is 0 Å². The van der Waals surface area contributed by atoms with Gasteiger partial charge >= 0.3 is 0 Å². The average Bonchev–Trinajstić information content (AvgIpc) is 2.36. The summed E-state index contributed by atoms with van der Waals surface area (Å²) in [6.45, 7) is 4.41. The summed E-state index contributed by atoms with van der Waals surface area (Å²) in [6, 6.07) is 6.71. The van der Waals surface area contributed by atoms with Crippen LogP contribution in [0.25, 0.3) is 0 Å². The monoisotopic (exact) mass is 266 g/mol. The lowest BCUT2D eigenvalue weighted by atomic mass is 10.2. The van der Waals surface area contributed by atoms with Gasteiger partial charge in [-0.2, -0.15) is 0 Å². The number of hydrogen-bond acceptors (Lipinski definition) is 3. The van der Waals surface area contributed by atoms with Gasteiger partial charge in [0, 0.05) is 5.56 Å². The van der Waals surface area contributed by atoms with Crippen molar-refractivity contribution in [3.63, 3.8) is 0 Å². The highest BCUT2D eigenvalue weighted by molar-refractivity contribution is 7.80. The minimum atomic E-state index is -0.326. The van der Waals surface area contributed by atoms with E-state index in [-0.39, 0.29) is 16.9 Å². The molecule has 1 unspecified atom stereocenters. The summed E-state index contributed by atoms with van der Waals surface area (Å²) >= 11 is 4.81. The van der Waals surface area contributed by atoms with Crippen LogP contribution < -0.4 is 15.8 Å². The van der Waals surface area contributed by atoms with E-state index < -0.39 is 0 Å². The maximum atomic E-state index is 11.9. The number of ether oxygens (including phenoxy) is 1. The Kier molecular flexibility index (Phi) is 5.58. The Labute approximate surface area is 113 Å². The first kappa shape index (κ1) is 14.4. The molecule has 3 N–H and O–H groups in total. The first-order valence-corrected chi connectivity index (χ1v) is 6.28. The number of hydrogen-bond donors (Lipinski definition) is 2. The van der Waals surface area contributed by atoms with Crippen LogP contribution in [0.15, 0.2) is 24.3 Å². The van der Waals surface area contributed by atoms with Gasteiger partial charge in [0.15, 0.2) is 0 Å². The number of nitrogens with one attached hydrogen (secondary N) is 1. The van der Waals surface area contributed by atoms with Crippen molar-refractivity contribution in [2.45, 2.75) is 26.3 Å². The van der Waals surface area contributed by atoms with Crippen molar-refractivity contribution in [3.8, 4) is 5.75 Å². The Balaban J connectivity index is 2.70. The molecule has 98 valence electrons. The Morgan fingerprint density at radius 3 is 2.89 bits per heavy atom. The third kappa shape index (κ3) is 4.33. The van der Waals surface area contributed by atoms with Gasteiger partial charge in [-0.1, -0.05) is 25.2 Å². The molecular formula is C13H18N2O2S. The van der Waals surface area contributed by atoms with E-state index in [1.807, 2.05) is 13.0 Å². The lowest BCUT2D eigenvalue weighted by Crippen LogP contribution is -2.41. The molecule has 1 aromatic carbocycles. The summed E-state index contributed by atoms with van der Waals surface area (Å²) in [4.78, 5) is 12.2. The molecule has 0 saturated heterocycles. The molecule has 4 nitrogen and oxygen atoms in total. The zero-order valence-corrected chi connectivity index (χ0v) is 11.4. The van der Waals surface area contributed by atoms with Crippen LogP contribution in [0.2, 0.25) is 0 Å².